The predicted molar refractivity (Wildman–Crippen MR) is 97.9 cm³/mol. The number of amides is 1. The van der Waals surface area contributed by atoms with E-state index in [-0.39, 0.29) is 34.9 Å². The van der Waals surface area contributed by atoms with Crippen molar-refractivity contribution in [2.45, 2.75) is 13.5 Å². The summed E-state index contributed by atoms with van der Waals surface area (Å²) in [5.41, 5.74) is 12.9. The molecule has 0 saturated heterocycles. The summed E-state index contributed by atoms with van der Waals surface area (Å²) in [6.45, 7) is 2.39. The monoisotopic (exact) mass is 355 g/mol. The Morgan fingerprint density at radius 1 is 1.27 bits per heavy atom. The average Bonchev–Trinajstić information content (AvgIpc) is 2.63. The molecule has 1 amide bonds. The lowest BCUT2D eigenvalue weighted by molar-refractivity contribution is 0.0954. The highest BCUT2D eigenvalue weighted by atomic mass is 19.1. The summed E-state index contributed by atoms with van der Waals surface area (Å²) in [6, 6.07) is 6.07. The lowest BCUT2D eigenvalue weighted by Crippen LogP contribution is -2.25. The highest BCUT2D eigenvalue weighted by molar-refractivity contribution is 5.98. The third-order valence-electron chi connectivity index (χ3n) is 3.80. The van der Waals surface area contributed by atoms with Gasteiger partial charge in [0, 0.05) is 11.9 Å². The van der Waals surface area contributed by atoms with Crippen molar-refractivity contribution in [3.05, 3.63) is 47.7 Å². The van der Waals surface area contributed by atoms with Gasteiger partial charge in [-0.05, 0) is 25.1 Å². The van der Waals surface area contributed by atoms with E-state index < -0.39 is 5.82 Å². The fourth-order valence-electron chi connectivity index (χ4n) is 2.50. The number of nitrogen functional groups attached to an aromatic ring is 2. The second-order valence-corrected chi connectivity index (χ2v) is 5.52. The smallest absolute Gasteiger partial charge is 0.253 e. The van der Waals surface area contributed by atoms with Crippen molar-refractivity contribution in [2.75, 3.05) is 23.3 Å². The van der Waals surface area contributed by atoms with E-state index in [1.807, 2.05) is 0 Å². The van der Waals surface area contributed by atoms with E-state index in [9.17, 15) is 9.18 Å². The average molecular weight is 355 g/mol. The van der Waals surface area contributed by atoms with Crippen LogP contribution >= 0.6 is 0 Å². The van der Waals surface area contributed by atoms with Crippen molar-refractivity contribution in [3.63, 3.8) is 0 Å². The van der Waals surface area contributed by atoms with Crippen LogP contribution in [0.2, 0.25) is 0 Å². The second-order valence-electron chi connectivity index (χ2n) is 5.52. The molecule has 0 unspecified atom stereocenters. The summed E-state index contributed by atoms with van der Waals surface area (Å²) >= 11 is 0. The van der Waals surface area contributed by atoms with Gasteiger partial charge in [0.25, 0.3) is 5.91 Å². The zero-order chi connectivity index (χ0) is 18.7. The largest absolute Gasteiger partial charge is 0.393 e. The molecule has 0 fully saturated rings. The SMILES string of the molecule is CCNC(=O)c1cc2c(F)cccc2nc1CNc1ncnc(N)c1N. The highest BCUT2D eigenvalue weighted by Gasteiger charge is 2.16. The molecule has 6 N–H and O–H groups in total. The number of rotatable bonds is 5. The summed E-state index contributed by atoms with van der Waals surface area (Å²) in [6.07, 6.45) is 1.28. The molecule has 0 spiro atoms. The fraction of sp³-hybridized carbons (Fsp3) is 0.176. The van der Waals surface area contributed by atoms with E-state index in [0.29, 0.717) is 23.6 Å². The molecule has 0 aliphatic heterocycles. The zero-order valence-corrected chi connectivity index (χ0v) is 14.1. The van der Waals surface area contributed by atoms with Gasteiger partial charge < -0.3 is 22.1 Å². The number of nitrogens with one attached hydrogen (secondary N) is 2. The first-order chi connectivity index (χ1) is 12.5. The minimum atomic E-state index is -0.437. The molecule has 0 saturated carbocycles. The molecule has 0 aliphatic carbocycles. The van der Waals surface area contributed by atoms with Crippen LogP contribution in [0.1, 0.15) is 23.0 Å². The molecule has 3 aromatic rings. The van der Waals surface area contributed by atoms with Gasteiger partial charge in [-0.2, -0.15) is 0 Å². The second kappa shape index (κ2) is 7.18. The van der Waals surface area contributed by atoms with Gasteiger partial charge in [0.15, 0.2) is 11.6 Å². The Morgan fingerprint density at radius 2 is 2.08 bits per heavy atom. The number of nitrogens with two attached hydrogens (primary N) is 2. The van der Waals surface area contributed by atoms with Crippen molar-refractivity contribution in [1.82, 2.24) is 20.3 Å². The molecular weight excluding hydrogens is 337 g/mol. The van der Waals surface area contributed by atoms with Gasteiger partial charge in [-0.15, -0.1) is 0 Å². The number of benzene rings is 1. The molecule has 26 heavy (non-hydrogen) atoms. The van der Waals surface area contributed by atoms with Gasteiger partial charge in [-0.1, -0.05) is 6.07 Å². The number of fused-ring (bicyclic) bond motifs is 1. The first-order valence-corrected chi connectivity index (χ1v) is 7.97. The van der Waals surface area contributed by atoms with E-state index in [4.69, 9.17) is 11.5 Å². The summed E-state index contributed by atoms with van der Waals surface area (Å²) in [5.74, 6) is -0.287. The summed E-state index contributed by atoms with van der Waals surface area (Å²) < 4.78 is 14.1. The normalized spacial score (nSPS) is 10.7. The van der Waals surface area contributed by atoms with Crippen molar-refractivity contribution >= 4 is 34.1 Å². The molecule has 8 nitrogen and oxygen atoms in total. The van der Waals surface area contributed by atoms with Gasteiger partial charge in [-0.25, -0.2) is 14.4 Å². The standard InChI is InChI=1S/C17H18FN7O/c1-2-21-17(26)10-6-9-11(18)4-3-5-12(9)25-13(10)7-22-16-14(19)15(20)23-8-24-16/h3-6,8H,2,7,19H2,1H3,(H,21,26)(H3,20,22,23,24). The van der Waals surface area contributed by atoms with Crippen molar-refractivity contribution in [2.24, 2.45) is 0 Å². The van der Waals surface area contributed by atoms with Crippen molar-refractivity contribution in [3.8, 4) is 0 Å². The molecule has 2 aromatic heterocycles. The Kier molecular flexibility index (Phi) is 4.78. The van der Waals surface area contributed by atoms with Crippen LogP contribution in [0.3, 0.4) is 0 Å². The Labute approximate surface area is 148 Å². The molecule has 3 rings (SSSR count). The number of carbonyl (C=O) groups is 1. The number of anilines is 3. The Bertz CT molecular complexity index is 977. The van der Waals surface area contributed by atoms with E-state index in [1.54, 1.807) is 19.1 Å². The van der Waals surface area contributed by atoms with E-state index in [2.05, 4.69) is 25.6 Å². The van der Waals surface area contributed by atoms with Crippen LogP contribution in [-0.4, -0.2) is 27.4 Å². The van der Waals surface area contributed by atoms with Crippen LogP contribution in [0.15, 0.2) is 30.6 Å². The van der Waals surface area contributed by atoms with Crippen LogP contribution in [-0.2, 0) is 6.54 Å². The number of nitrogens with zero attached hydrogens (tertiary/aromatic N) is 3. The Morgan fingerprint density at radius 3 is 2.85 bits per heavy atom. The topological polar surface area (TPSA) is 132 Å². The molecule has 0 radical (unpaired) electrons. The maximum Gasteiger partial charge on any atom is 0.253 e. The Hall–Kier alpha value is -3.49. The van der Waals surface area contributed by atoms with Gasteiger partial charge >= 0.3 is 0 Å². The van der Waals surface area contributed by atoms with Gasteiger partial charge in [0.05, 0.1) is 23.3 Å². The minimum Gasteiger partial charge on any atom is -0.393 e. The summed E-state index contributed by atoms with van der Waals surface area (Å²) in [4.78, 5) is 24.6. The molecule has 0 aliphatic rings. The van der Waals surface area contributed by atoms with Gasteiger partial charge in [0.1, 0.15) is 17.8 Å². The van der Waals surface area contributed by atoms with Crippen LogP contribution in [0.5, 0.6) is 0 Å². The maximum absolute atomic E-state index is 14.1. The third kappa shape index (κ3) is 3.32. The van der Waals surface area contributed by atoms with Gasteiger partial charge in [-0.3, -0.25) is 9.78 Å². The number of pyridine rings is 1. The quantitative estimate of drug-likeness (QED) is 0.547. The molecular formula is C17H18FN7O. The first kappa shape index (κ1) is 17.3. The van der Waals surface area contributed by atoms with Crippen LogP contribution in [0.25, 0.3) is 10.9 Å². The Balaban J connectivity index is 2.01. The van der Waals surface area contributed by atoms with Crippen LogP contribution in [0, 0.1) is 5.82 Å². The van der Waals surface area contributed by atoms with E-state index >= 15 is 0 Å². The molecule has 0 atom stereocenters. The molecule has 0 bridgehead atoms. The molecule has 134 valence electrons. The van der Waals surface area contributed by atoms with Crippen molar-refractivity contribution < 1.29 is 9.18 Å². The highest BCUT2D eigenvalue weighted by Crippen LogP contribution is 2.23. The van der Waals surface area contributed by atoms with Crippen LogP contribution < -0.4 is 22.1 Å². The number of carbonyl (C=O) groups excluding carboxylic acids is 1. The molecule has 9 heteroatoms. The van der Waals surface area contributed by atoms with Gasteiger partial charge in [0.2, 0.25) is 0 Å². The number of aromatic nitrogens is 3. The zero-order valence-electron chi connectivity index (χ0n) is 14.1. The number of hydrogen-bond donors (Lipinski definition) is 4. The van der Waals surface area contributed by atoms with E-state index in [1.165, 1.54) is 18.5 Å². The lowest BCUT2D eigenvalue weighted by atomic mass is 10.1. The number of hydrogen-bond acceptors (Lipinski definition) is 7. The fourth-order valence-corrected chi connectivity index (χ4v) is 2.50. The number of halogens is 1. The van der Waals surface area contributed by atoms with E-state index in [0.717, 1.165) is 0 Å². The maximum atomic E-state index is 14.1. The lowest BCUT2D eigenvalue weighted by Gasteiger charge is -2.13. The third-order valence-corrected chi connectivity index (χ3v) is 3.80. The first-order valence-electron chi connectivity index (χ1n) is 7.97. The summed E-state index contributed by atoms with van der Waals surface area (Å²) in [5, 5.41) is 5.98. The summed E-state index contributed by atoms with van der Waals surface area (Å²) in [7, 11) is 0. The predicted octanol–water partition coefficient (Wildman–Crippen LogP) is 1.69. The van der Waals surface area contributed by atoms with Crippen LogP contribution in [0.4, 0.5) is 21.7 Å². The molecule has 1 aromatic carbocycles. The molecule has 2 heterocycles. The van der Waals surface area contributed by atoms with Crippen molar-refractivity contribution in [1.29, 1.82) is 0 Å². The minimum absolute atomic E-state index is 0.152.